The third-order valence-electron chi connectivity index (χ3n) is 3.19. The fraction of sp³-hybridized carbons (Fsp3) is 0.462. The van der Waals surface area contributed by atoms with Gasteiger partial charge in [-0.25, -0.2) is 17.2 Å². The molecule has 1 saturated heterocycles. The summed E-state index contributed by atoms with van der Waals surface area (Å²) in [6, 6.07) is 3.22. The normalized spacial score (nSPS) is 21.6. The summed E-state index contributed by atoms with van der Waals surface area (Å²) in [6.45, 7) is 0.314. The molecule has 1 unspecified atom stereocenters. The molecule has 1 heterocycles. The van der Waals surface area contributed by atoms with Gasteiger partial charge >= 0.3 is 0 Å². The lowest BCUT2D eigenvalue weighted by Crippen LogP contribution is -2.46. The van der Waals surface area contributed by atoms with Crippen molar-refractivity contribution in [3.8, 4) is 0 Å². The lowest BCUT2D eigenvalue weighted by Gasteiger charge is -2.23. The first kappa shape index (κ1) is 15.1. The molecule has 0 spiro atoms. The molecule has 4 nitrogen and oxygen atoms in total. The van der Waals surface area contributed by atoms with E-state index >= 15 is 0 Å². The molecule has 0 amide bonds. The average Bonchev–Trinajstić information content (AvgIpc) is 2.33. The average molecular weight is 303 g/mol. The van der Waals surface area contributed by atoms with Crippen LogP contribution in [0.3, 0.4) is 0 Å². The molecular weight excluding hydrogens is 288 g/mol. The number of halogens is 2. The second-order valence-corrected chi connectivity index (χ2v) is 7.13. The topological polar surface area (TPSA) is 63.2 Å². The predicted octanol–water partition coefficient (Wildman–Crippen LogP) is 0.853. The van der Waals surface area contributed by atoms with Gasteiger partial charge in [0.15, 0.2) is 21.5 Å². The van der Waals surface area contributed by atoms with Crippen molar-refractivity contribution in [2.75, 3.05) is 18.1 Å². The number of ketones is 1. The lowest BCUT2D eigenvalue weighted by atomic mass is 10.0. The molecule has 1 N–H and O–H groups in total. The van der Waals surface area contributed by atoms with Crippen LogP contribution in [0.4, 0.5) is 8.78 Å². The lowest BCUT2D eigenvalue weighted by molar-refractivity contribution is -0.118. The summed E-state index contributed by atoms with van der Waals surface area (Å²) in [5.41, 5.74) is -0.00586. The number of Topliss-reactive ketones (excluding diaryl/α,β-unsaturated/α-hetero) is 1. The highest BCUT2D eigenvalue weighted by atomic mass is 32.2. The molecular formula is C13H15F2NO3S. The Morgan fingerprint density at radius 1 is 1.35 bits per heavy atom. The van der Waals surface area contributed by atoms with Gasteiger partial charge in [0, 0.05) is 25.4 Å². The van der Waals surface area contributed by atoms with Crippen molar-refractivity contribution in [1.29, 1.82) is 0 Å². The first-order valence-electron chi connectivity index (χ1n) is 6.26. The van der Waals surface area contributed by atoms with Crippen LogP contribution < -0.4 is 5.32 Å². The van der Waals surface area contributed by atoms with Crippen molar-refractivity contribution in [3.05, 3.63) is 35.4 Å². The zero-order chi connectivity index (χ0) is 14.8. The fourth-order valence-electron chi connectivity index (χ4n) is 2.24. The fourth-order valence-corrected chi connectivity index (χ4v) is 3.69. The number of sulfone groups is 1. The van der Waals surface area contributed by atoms with Crippen molar-refractivity contribution in [2.24, 2.45) is 0 Å². The van der Waals surface area contributed by atoms with Crippen LogP contribution in [-0.4, -0.2) is 38.3 Å². The maximum atomic E-state index is 13.4. The van der Waals surface area contributed by atoms with Gasteiger partial charge in [0.05, 0.1) is 11.5 Å². The Kier molecular flexibility index (Phi) is 4.49. The van der Waals surface area contributed by atoms with Crippen LogP contribution in [-0.2, 0) is 21.1 Å². The molecule has 1 aromatic rings. The van der Waals surface area contributed by atoms with E-state index in [4.69, 9.17) is 0 Å². The number of hydrogen-bond donors (Lipinski definition) is 1. The minimum Gasteiger partial charge on any atom is -0.312 e. The van der Waals surface area contributed by atoms with Gasteiger partial charge in [-0.3, -0.25) is 4.79 Å². The number of nitrogens with one attached hydrogen (secondary N) is 1. The molecule has 0 radical (unpaired) electrons. The first-order valence-corrected chi connectivity index (χ1v) is 8.08. The van der Waals surface area contributed by atoms with Crippen LogP contribution in [0.5, 0.6) is 0 Å². The number of carbonyl (C=O) groups is 1. The van der Waals surface area contributed by atoms with E-state index < -0.39 is 27.5 Å². The van der Waals surface area contributed by atoms with Gasteiger partial charge < -0.3 is 5.32 Å². The third kappa shape index (κ3) is 3.83. The quantitative estimate of drug-likeness (QED) is 0.896. The largest absolute Gasteiger partial charge is 0.312 e. The molecule has 0 saturated carbocycles. The maximum absolute atomic E-state index is 13.4. The van der Waals surface area contributed by atoms with E-state index in [0.29, 0.717) is 6.54 Å². The van der Waals surface area contributed by atoms with Crippen LogP contribution in [0.15, 0.2) is 18.2 Å². The summed E-state index contributed by atoms with van der Waals surface area (Å²) < 4.78 is 49.3. The minimum atomic E-state index is -3.11. The Morgan fingerprint density at radius 2 is 2.10 bits per heavy atom. The SMILES string of the molecule is O=C(Cc1cccc(F)c1F)CC1CS(=O)(=O)CCN1. The molecule has 20 heavy (non-hydrogen) atoms. The summed E-state index contributed by atoms with van der Waals surface area (Å²) in [5, 5.41) is 2.95. The molecule has 1 aliphatic heterocycles. The highest BCUT2D eigenvalue weighted by Gasteiger charge is 2.26. The molecule has 110 valence electrons. The summed E-state index contributed by atoms with van der Waals surface area (Å²) in [7, 11) is -3.11. The van der Waals surface area contributed by atoms with Crippen LogP contribution in [0.1, 0.15) is 12.0 Å². The van der Waals surface area contributed by atoms with Crippen LogP contribution in [0.2, 0.25) is 0 Å². The molecule has 0 aromatic heterocycles. The zero-order valence-electron chi connectivity index (χ0n) is 10.7. The van der Waals surface area contributed by atoms with Crippen molar-refractivity contribution >= 4 is 15.6 Å². The predicted molar refractivity (Wildman–Crippen MR) is 70.1 cm³/mol. The van der Waals surface area contributed by atoms with E-state index in [1.165, 1.54) is 12.1 Å². The Bertz CT molecular complexity index is 616. The molecule has 7 heteroatoms. The Labute approximate surface area is 116 Å². The van der Waals surface area contributed by atoms with Gasteiger partial charge in [-0.2, -0.15) is 0 Å². The number of hydrogen-bond acceptors (Lipinski definition) is 4. The van der Waals surface area contributed by atoms with Crippen molar-refractivity contribution in [1.82, 2.24) is 5.32 Å². The van der Waals surface area contributed by atoms with Crippen molar-refractivity contribution < 1.29 is 22.0 Å². The smallest absolute Gasteiger partial charge is 0.162 e. The van der Waals surface area contributed by atoms with Gasteiger partial charge in [0.25, 0.3) is 0 Å². The second-order valence-electron chi connectivity index (χ2n) is 4.90. The molecule has 1 atom stereocenters. The highest BCUT2D eigenvalue weighted by Crippen LogP contribution is 2.14. The van der Waals surface area contributed by atoms with Crippen molar-refractivity contribution in [3.63, 3.8) is 0 Å². The standard InChI is InChI=1S/C13H15F2NO3S/c14-12-3-1-2-9(13(12)15)6-11(17)7-10-8-20(18,19)5-4-16-10/h1-3,10,16H,4-8H2. The molecule has 0 aliphatic carbocycles. The minimum absolute atomic E-state index is 0.00478. The molecule has 2 rings (SSSR count). The van der Waals surface area contributed by atoms with E-state index in [1.807, 2.05) is 0 Å². The van der Waals surface area contributed by atoms with E-state index in [1.54, 1.807) is 0 Å². The van der Waals surface area contributed by atoms with Gasteiger partial charge in [-0.15, -0.1) is 0 Å². The Hall–Kier alpha value is -1.34. The van der Waals surface area contributed by atoms with Crippen LogP contribution in [0, 0.1) is 11.6 Å². The van der Waals surface area contributed by atoms with E-state index in [2.05, 4.69) is 5.32 Å². The summed E-state index contributed by atoms with van der Waals surface area (Å²) in [6.07, 6.45) is -0.239. The Balaban J connectivity index is 1.97. The molecule has 1 fully saturated rings. The monoisotopic (exact) mass is 303 g/mol. The van der Waals surface area contributed by atoms with E-state index in [9.17, 15) is 22.0 Å². The van der Waals surface area contributed by atoms with Crippen LogP contribution >= 0.6 is 0 Å². The molecule has 0 bridgehead atoms. The van der Waals surface area contributed by atoms with Crippen LogP contribution in [0.25, 0.3) is 0 Å². The zero-order valence-corrected chi connectivity index (χ0v) is 11.6. The van der Waals surface area contributed by atoms with E-state index in [0.717, 1.165) is 6.07 Å². The van der Waals surface area contributed by atoms with Gasteiger partial charge in [-0.05, 0) is 11.6 Å². The van der Waals surface area contributed by atoms with Gasteiger partial charge in [0.1, 0.15) is 5.78 Å². The summed E-state index contributed by atoms with van der Waals surface area (Å²) in [5.74, 6) is -2.36. The Morgan fingerprint density at radius 3 is 2.80 bits per heavy atom. The highest BCUT2D eigenvalue weighted by molar-refractivity contribution is 7.91. The maximum Gasteiger partial charge on any atom is 0.162 e. The van der Waals surface area contributed by atoms with E-state index in [-0.39, 0.29) is 35.7 Å². The third-order valence-corrected chi connectivity index (χ3v) is 4.93. The number of rotatable bonds is 4. The molecule has 1 aliphatic rings. The number of benzene rings is 1. The molecule has 1 aromatic carbocycles. The summed E-state index contributed by atoms with van der Waals surface area (Å²) in [4.78, 5) is 11.8. The summed E-state index contributed by atoms with van der Waals surface area (Å²) >= 11 is 0. The van der Waals surface area contributed by atoms with Gasteiger partial charge in [-0.1, -0.05) is 12.1 Å². The van der Waals surface area contributed by atoms with Crippen molar-refractivity contribution in [2.45, 2.75) is 18.9 Å². The second kappa shape index (κ2) is 5.97. The van der Waals surface area contributed by atoms with Gasteiger partial charge in [0.2, 0.25) is 0 Å². The number of carbonyl (C=O) groups excluding carboxylic acids is 1. The first-order chi connectivity index (χ1) is 9.37.